The molecule has 0 radical (unpaired) electrons. The largest absolute Gasteiger partial charge is 0.496 e. The van der Waals surface area contributed by atoms with E-state index in [2.05, 4.69) is 5.32 Å². The molecule has 0 aliphatic carbocycles. The van der Waals surface area contributed by atoms with Gasteiger partial charge in [-0.2, -0.15) is 0 Å². The van der Waals surface area contributed by atoms with Crippen LogP contribution in [0.2, 0.25) is 0 Å². The van der Waals surface area contributed by atoms with E-state index in [0.717, 1.165) is 5.56 Å². The third kappa shape index (κ3) is 3.14. The monoisotopic (exact) mass is 211 g/mol. The molecule has 0 bridgehead atoms. The van der Waals surface area contributed by atoms with Crippen LogP contribution in [0.15, 0.2) is 18.2 Å². The maximum absolute atomic E-state index is 10.3. The van der Waals surface area contributed by atoms with E-state index in [4.69, 9.17) is 14.9 Å². The van der Waals surface area contributed by atoms with Gasteiger partial charge in [0.2, 0.25) is 0 Å². The minimum absolute atomic E-state index is 0.101. The maximum atomic E-state index is 10.3. The fourth-order valence-corrected chi connectivity index (χ4v) is 1.21. The van der Waals surface area contributed by atoms with Crippen LogP contribution in [-0.2, 0) is 13.2 Å². The maximum Gasteiger partial charge on any atom is 0.404 e. The van der Waals surface area contributed by atoms with E-state index in [-0.39, 0.29) is 13.2 Å². The Labute approximate surface area is 87.3 Å². The molecule has 5 nitrogen and oxygen atoms in total. The van der Waals surface area contributed by atoms with Gasteiger partial charge in [0, 0.05) is 12.1 Å². The molecule has 0 saturated heterocycles. The highest BCUT2D eigenvalue weighted by molar-refractivity contribution is 5.64. The van der Waals surface area contributed by atoms with Gasteiger partial charge in [0.1, 0.15) is 5.75 Å². The molecule has 3 N–H and O–H groups in total. The van der Waals surface area contributed by atoms with Gasteiger partial charge in [-0.05, 0) is 11.6 Å². The van der Waals surface area contributed by atoms with Crippen molar-refractivity contribution < 1.29 is 19.7 Å². The van der Waals surface area contributed by atoms with E-state index in [9.17, 15) is 4.79 Å². The van der Waals surface area contributed by atoms with E-state index in [0.29, 0.717) is 11.3 Å². The van der Waals surface area contributed by atoms with Gasteiger partial charge in [-0.25, -0.2) is 4.79 Å². The van der Waals surface area contributed by atoms with Crippen LogP contribution in [0.5, 0.6) is 5.75 Å². The first-order valence-corrected chi connectivity index (χ1v) is 4.41. The highest BCUT2D eigenvalue weighted by atomic mass is 16.5. The minimum atomic E-state index is -1.07. The number of carboxylic acid groups (broad SMARTS) is 1. The second-order valence-corrected chi connectivity index (χ2v) is 2.96. The van der Waals surface area contributed by atoms with Gasteiger partial charge in [0.05, 0.1) is 13.7 Å². The van der Waals surface area contributed by atoms with Crippen molar-refractivity contribution in [1.82, 2.24) is 5.32 Å². The predicted molar refractivity (Wildman–Crippen MR) is 53.8 cm³/mol. The number of amides is 1. The lowest BCUT2D eigenvalue weighted by atomic mass is 10.1. The average Bonchev–Trinajstić information content (AvgIpc) is 2.25. The molecule has 1 aromatic carbocycles. The number of carbonyl (C=O) groups is 1. The molecule has 0 spiro atoms. The van der Waals surface area contributed by atoms with Crippen LogP contribution >= 0.6 is 0 Å². The summed E-state index contributed by atoms with van der Waals surface area (Å²) in [4.78, 5) is 10.3. The molecule has 82 valence electrons. The molecule has 15 heavy (non-hydrogen) atoms. The number of aliphatic hydroxyl groups excluding tert-OH is 1. The summed E-state index contributed by atoms with van der Waals surface area (Å²) in [7, 11) is 1.50. The Morgan fingerprint density at radius 2 is 2.27 bits per heavy atom. The number of ether oxygens (including phenoxy) is 1. The van der Waals surface area contributed by atoms with Gasteiger partial charge in [0.25, 0.3) is 0 Å². The Hall–Kier alpha value is -1.75. The fraction of sp³-hybridized carbons (Fsp3) is 0.300. The third-order valence-electron chi connectivity index (χ3n) is 1.97. The summed E-state index contributed by atoms with van der Waals surface area (Å²) in [5.41, 5.74) is 1.46. The molecular weight excluding hydrogens is 198 g/mol. The number of hydrogen-bond acceptors (Lipinski definition) is 3. The van der Waals surface area contributed by atoms with Crippen molar-refractivity contribution in [1.29, 1.82) is 0 Å². The van der Waals surface area contributed by atoms with Crippen molar-refractivity contribution in [3.8, 4) is 5.75 Å². The predicted octanol–water partition coefficient (Wildman–Crippen LogP) is 0.955. The van der Waals surface area contributed by atoms with Gasteiger partial charge in [-0.3, -0.25) is 0 Å². The number of methoxy groups -OCH3 is 1. The lowest BCUT2D eigenvalue weighted by molar-refractivity contribution is 0.194. The van der Waals surface area contributed by atoms with Crippen LogP contribution < -0.4 is 10.1 Å². The number of rotatable bonds is 4. The first-order chi connectivity index (χ1) is 7.17. The van der Waals surface area contributed by atoms with Crippen molar-refractivity contribution in [2.24, 2.45) is 0 Å². The summed E-state index contributed by atoms with van der Waals surface area (Å²) in [5.74, 6) is 0.558. The van der Waals surface area contributed by atoms with Crippen LogP contribution in [0.1, 0.15) is 11.1 Å². The summed E-state index contributed by atoms with van der Waals surface area (Å²) in [6, 6.07) is 5.14. The van der Waals surface area contributed by atoms with E-state index >= 15 is 0 Å². The van der Waals surface area contributed by atoms with Gasteiger partial charge in [0.15, 0.2) is 0 Å². The average molecular weight is 211 g/mol. The second-order valence-electron chi connectivity index (χ2n) is 2.96. The van der Waals surface area contributed by atoms with Gasteiger partial charge in [-0.1, -0.05) is 12.1 Å². The molecule has 1 aromatic rings. The Morgan fingerprint density at radius 3 is 2.80 bits per heavy atom. The zero-order chi connectivity index (χ0) is 11.3. The Morgan fingerprint density at radius 1 is 1.53 bits per heavy atom. The van der Waals surface area contributed by atoms with Crippen LogP contribution in [-0.4, -0.2) is 23.4 Å². The summed E-state index contributed by atoms with van der Waals surface area (Å²) in [5, 5.41) is 19.6. The molecule has 0 fully saturated rings. The summed E-state index contributed by atoms with van der Waals surface area (Å²) in [6.07, 6.45) is -1.07. The number of aliphatic hydroxyl groups is 1. The van der Waals surface area contributed by atoms with Crippen LogP contribution in [0.4, 0.5) is 4.79 Å². The highest BCUT2D eigenvalue weighted by Gasteiger charge is 2.04. The molecule has 0 heterocycles. The molecule has 0 aromatic heterocycles. The fourth-order valence-electron chi connectivity index (χ4n) is 1.21. The van der Waals surface area contributed by atoms with E-state index < -0.39 is 6.09 Å². The summed E-state index contributed by atoms with van der Waals surface area (Å²) in [6.45, 7) is 0.118. The van der Waals surface area contributed by atoms with Crippen LogP contribution in [0.3, 0.4) is 0 Å². The molecule has 1 rings (SSSR count). The number of nitrogens with one attached hydrogen (secondary N) is 1. The topological polar surface area (TPSA) is 78.8 Å². The first kappa shape index (κ1) is 11.3. The van der Waals surface area contributed by atoms with E-state index in [1.807, 2.05) is 0 Å². The van der Waals surface area contributed by atoms with Gasteiger partial charge < -0.3 is 20.3 Å². The molecule has 0 atom stereocenters. The highest BCUT2D eigenvalue weighted by Crippen LogP contribution is 2.19. The van der Waals surface area contributed by atoms with Crippen molar-refractivity contribution in [3.05, 3.63) is 29.3 Å². The quantitative estimate of drug-likeness (QED) is 0.693. The number of hydrogen-bond donors (Lipinski definition) is 3. The number of benzene rings is 1. The Balaban J connectivity index is 2.78. The Kier molecular flexibility index (Phi) is 3.93. The lowest BCUT2D eigenvalue weighted by Crippen LogP contribution is -2.19. The molecule has 0 aliphatic rings. The molecule has 0 unspecified atom stereocenters. The molecule has 5 heteroatoms. The van der Waals surface area contributed by atoms with E-state index in [1.54, 1.807) is 18.2 Å². The van der Waals surface area contributed by atoms with E-state index in [1.165, 1.54) is 7.11 Å². The molecule has 0 aliphatic heterocycles. The van der Waals surface area contributed by atoms with Gasteiger partial charge in [-0.15, -0.1) is 0 Å². The normalized spacial score (nSPS) is 9.73. The molecular formula is C10H13NO4. The van der Waals surface area contributed by atoms with Crippen LogP contribution in [0.25, 0.3) is 0 Å². The summed E-state index contributed by atoms with van der Waals surface area (Å²) < 4.78 is 5.05. The van der Waals surface area contributed by atoms with Crippen LogP contribution in [0, 0.1) is 0 Å². The molecule has 0 saturated carbocycles. The minimum Gasteiger partial charge on any atom is -0.496 e. The zero-order valence-electron chi connectivity index (χ0n) is 8.36. The van der Waals surface area contributed by atoms with Crippen molar-refractivity contribution >= 4 is 6.09 Å². The second kappa shape index (κ2) is 5.21. The first-order valence-electron chi connectivity index (χ1n) is 4.41. The Bertz CT molecular complexity index is 351. The SMILES string of the molecule is COc1cc(CNC(=O)O)ccc1CO. The molecule has 1 amide bonds. The van der Waals surface area contributed by atoms with Crippen molar-refractivity contribution in [2.45, 2.75) is 13.2 Å². The summed E-state index contributed by atoms with van der Waals surface area (Å²) >= 11 is 0. The zero-order valence-corrected chi connectivity index (χ0v) is 8.36. The van der Waals surface area contributed by atoms with Crippen molar-refractivity contribution in [3.63, 3.8) is 0 Å². The standard InChI is InChI=1S/C10H13NO4/c1-15-9-4-7(5-11-10(13)14)2-3-8(9)6-12/h2-4,11-12H,5-6H2,1H3,(H,13,14). The smallest absolute Gasteiger partial charge is 0.404 e. The van der Waals surface area contributed by atoms with Gasteiger partial charge >= 0.3 is 6.09 Å². The third-order valence-corrected chi connectivity index (χ3v) is 1.97. The lowest BCUT2D eigenvalue weighted by Gasteiger charge is -2.08. The van der Waals surface area contributed by atoms with Crippen molar-refractivity contribution in [2.75, 3.05) is 7.11 Å².